The standard InChI is InChI=1S/C17H16ClNO3S/c1-10(17(16(21)22)8-2-3-14(17)20)15-19-13(9-23-15)11-4-6-12(18)7-5-11/h4-7,9-10H,2-3,8H2,1H3,(H,21,22). The second-order valence-corrected chi connectivity index (χ2v) is 7.18. The Morgan fingerprint density at radius 3 is 2.65 bits per heavy atom. The van der Waals surface area contributed by atoms with Gasteiger partial charge in [-0.05, 0) is 25.0 Å². The maximum Gasteiger partial charge on any atom is 0.317 e. The minimum absolute atomic E-state index is 0.180. The summed E-state index contributed by atoms with van der Waals surface area (Å²) in [6, 6.07) is 7.33. The van der Waals surface area contributed by atoms with Crippen LogP contribution in [-0.2, 0) is 9.59 Å². The number of ketones is 1. The van der Waals surface area contributed by atoms with E-state index in [0.29, 0.717) is 29.3 Å². The lowest BCUT2D eigenvalue weighted by atomic mass is 9.74. The van der Waals surface area contributed by atoms with Crippen LogP contribution in [0.2, 0.25) is 5.02 Å². The molecule has 4 nitrogen and oxygen atoms in total. The van der Waals surface area contributed by atoms with Crippen molar-refractivity contribution in [2.24, 2.45) is 5.41 Å². The Morgan fingerprint density at radius 2 is 2.09 bits per heavy atom. The number of carboxylic acid groups (broad SMARTS) is 1. The van der Waals surface area contributed by atoms with Crippen molar-refractivity contribution in [3.05, 3.63) is 39.7 Å². The first-order chi connectivity index (χ1) is 10.9. The SMILES string of the molecule is CC(c1nc(-c2ccc(Cl)cc2)cs1)C1(C(=O)O)CCCC1=O. The minimum atomic E-state index is -1.32. The number of aliphatic carboxylic acids is 1. The number of carbonyl (C=O) groups is 2. The van der Waals surface area contributed by atoms with Crippen LogP contribution in [0.25, 0.3) is 11.3 Å². The van der Waals surface area contributed by atoms with Crippen LogP contribution in [0.1, 0.15) is 37.1 Å². The molecule has 6 heteroatoms. The molecule has 0 radical (unpaired) electrons. The molecule has 3 rings (SSSR count). The summed E-state index contributed by atoms with van der Waals surface area (Å²) in [6.07, 6.45) is 1.36. The molecule has 2 aromatic rings. The van der Waals surface area contributed by atoms with Gasteiger partial charge in [0, 0.05) is 28.3 Å². The fourth-order valence-electron chi connectivity index (χ4n) is 3.21. The number of nitrogens with zero attached hydrogens (tertiary/aromatic N) is 1. The Bertz CT molecular complexity index is 755. The van der Waals surface area contributed by atoms with Gasteiger partial charge in [0.25, 0.3) is 0 Å². The molecule has 1 saturated carbocycles. The van der Waals surface area contributed by atoms with Gasteiger partial charge in [0.1, 0.15) is 5.41 Å². The zero-order chi connectivity index (χ0) is 16.6. The first kappa shape index (κ1) is 16.1. The van der Waals surface area contributed by atoms with Gasteiger partial charge in [-0.3, -0.25) is 9.59 Å². The van der Waals surface area contributed by atoms with E-state index in [9.17, 15) is 14.7 Å². The minimum Gasteiger partial charge on any atom is -0.480 e. The van der Waals surface area contributed by atoms with Crippen LogP contribution in [0.3, 0.4) is 0 Å². The van der Waals surface area contributed by atoms with E-state index in [2.05, 4.69) is 4.98 Å². The number of benzene rings is 1. The molecule has 1 aromatic carbocycles. The van der Waals surface area contributed by atoms with Crippen molar-refractivity contribution in [2.45, 2.75) is 32.1 Å². The molecular weight excluding hydrogens is 334 g/mol. The monoisotopic (exact) mass is 349 g/mol. The van der Waals surface area contributed by atoms with E-state index in [1.807, 2.05) is 17.5 Å². The predicted octanol–water partition coefficient (Wildman–Crippen LogP) is 4.39. The van der Waals surface area contributed by atoms with Crippen molar-refractivity contribution in [3.63, 3.8) is 0 Å². The molecule has 0 saturated heterocycles. The predicted molar refractivity (Wildman–Crippen MR) is 89.9 cm³/mol. The molecule has 1 heterocycles. The molecule has 1 fully saturated rings. The molecule has 120 valence electrons. The maximum atomic E-state index is 12.2. The Morgan fingerprint density at radius 1 is 1.39 bits per heavy atom. The third-order valence-corrected chi connectivity index (χ3v) is 5.91. The van der Waals surface area contributed by atoms with E-state index >= 15 is 0 Å². The number of carboxylic acids is 1. The number of carbonyl (C=O) groups excluding carboxylic acids is 1. The van der Waals surface area contributed by atoms with Crippen LogP contribution in [0, 0.1) is 5.41 Å². The topological polar surface area (TPSA) is 67.3 Å². The number of thiazole rings is 1. The highest BCUT2D eigenvalue weighted by molar-refractivity contribution is 7.10. The third kappa shape index (κ3) is 2.68. The quantitative estimate of drug-likeness (QED) is 0.831. The van der Waals surface area contributed by atoms with E-state index in [1.54, 1.807) is 19.1 Å². The largest absolute Gasteiger partial charge is 0.480 e. The van der Waals surface area contributed by atoms with E-state index in [0.717, 1.165) is 11.3 Å². The molecule has 1 aliphatic carbocycles. The van der Waals surface area contributed by atoms with Crippen molar-refractivity contribution < 1.29 is 14.7 Å². The van der Waals surface area contributed by atoms with Gasteiger partial charge >= 0.3 is 5.97 Å². The zero-order valence-electron chi connectivity index (χ0n) is 12.6. The second-order valence-electron chi connectivity index (χ2n) is 5.85. The van der Waals surface area contributed by atoms with Crippen LogP contribution < -0.4 is 0 Å². The molecule has 2 unspecified atom stereocenters. The third-order valence-electron chi connectivity index (χ3n) is 4.63. The molecule has 0 amide bonds. The Labute approximate surface area is 143 Å². The highest BCUT2D eigenvalue weighted by atomic mass is 35.5. The number of hydrogen-bond donors (Lipinski definition) is 1. The molecule has 23 heavy (non-hydrogen) atoms. The van der Waals surface area contributed by atoms with Crippen LogP contribution in [-0.4, -0.2) is 21.8 Å². The first-order valence-electron chi connectivity index (χ1n) is 7.43. The Kier molecular flexibility index (Phi) is 4.25. The highest BCUT2D eigenvalue weighted by Gasteiger charge is 2.54. The summed E-state index contributed by atoms with van der Waals surface area (Å²) in [4.78, 5) is 28.6. The smallest absolute Gasteiger partial charge is 0.317 e. The van der Waals surface area contributed by atoms with Gasteiger partial charge in [-0.25, -0.2) is 4.98 Å². The van der Waals surface area contributed by atoms with Gasteiger partial charge in [-0.15, -0.1) is 11.3 Å². The summed E-state index contributed by atoms with van der Waals surface area (Å²) in [7, 11) is 0. The number of hydrogen-bond acceptors (Lipinski definition) is 4. The van der Waals surface area contributed by atoms with Crippen LogP contribution in [0.4, 0.5) is 0 Å². The van der Waals surface area contributed by atoms with Crippen molar-refractivity contribution in [1.82, 2.24) is 4.98 Å². The van der Waals surface area contributed by atoms with Gasteiger partial charge in [0.05, 0.1) is 10.7 Å². The normalized spacial score (nSPS) is 22.3. The summed E-state index contributed by atoms with van der Waals surface area (Å²) >= 11 is 7.29. The van der Waals surface area contributed by atoms with Gasteiger partial charge in [0.2, 0.25) is 0 Å². The van der Waals surface area contributed by atoms with Crippen molar-refractivity contribution in [3.8, 4) is 11.3 Å². The number of Topliss-reactive ketones (excluding diaryl/α,β-unsaturated/α-hetero) is 1. The fourth-order valence-corrected chi connectivity index (χ4v) is 4.31. The molecule has 1 N–H and O–H groups in total. The van der Waals surface area contributed by atoms with E-state index in [-0.39, 0.29) is 5.78 Å². The summed E-state index contributed by atoms with van der Waals surface area (Å²) in [5.41, 5.74) is 0.375. The second kappa shape index (κ2) is 6.06. The fraction of sp³-hybridized carbons (Fsp3) is 0.353. The average molecular weight is 350 g/mol. The van der Waals surface area contributed by atoms with Gasteiger partial charge in [0.15, 0.2) is 5.78 Å². The lowest BCUT2D eigenvalue weighted by molar-refractivity contribution is -0.154. The number of aromatic nitrogens is 1. The van der Waals surface area contributed by atoms with Crippen molar-refractivity contribution in [2.75, 3.05) is 0 Å². The van der Waals surface area contributed by atoms with Gasteiger partial charge in [-0.1, -0.05) is 30.7 Å². The maximum absolute atomic E-state index is 12.2. The number of rotatable bonds is 4. The lowest BCUT2D eigenvalue weighted by Crippen LogP contribution is -2.40. The lowest BCUT2D eigenvalue weighted by Gasteiger charge is -2.27. The molecule has 0 aliphatic heterocycles. The van der Waals surface area contributed by atoms with E-state index in [1.165, 1.54) is 11.3 Å². The molecule has 2 atom stereocenters. The van der Waals surface area contributed by atoms with Gasteiger partial charge < -0.3 is 5.11 Å². The molecule has 0 spiro atoms. The molecule has 1 aliphatic rings. The first-order valence-corrected chi connectivity index (χ1v) is 8.69. The Balaban J connectivity index is 1.94. The summed E-state index contributed by atoms with van der Waals surface area (Å²) < 4.78 is 0. The number of halogens is 1. The zero-order valence-corrected chi connectivity index (χ0v) is 14.2. The van der Waals surface area contributed by atoms with Crippen LogP contribution in [0.15, 0.2) is 29.6 Å². The van der Waals surface area contributed by atoms with Crippen LogP contribution >= 0.6 is 22.9 Å². The molecule has 0 bridgehead atoms. The van der Waals surface area contributed by atoms with Crippen molar-refractivity contribution in [1.29, 1.82) is 0 Å². The van der Waals surface area contributed by atoms with Crippen LogP contribution in [0.5, 0.6) is 0 Å². The molecular formula is C17H16ClNO3S. The van der Waals surface area contributed by atoms with E-state index < -0.39 is 17.3 Å². The molecule has 1 aromatic heterocycles. The summed E-state index contributed by atoms with van der Waals surface area (Å²) in [5.74, 6) is -1.64. The van der Waals surface area contributed by atoms with Crippen molar-refractivity contribution >= 4 is 34.7 Å². The summed E-state index contributed by atoms with van der Waals surface area (Å²) in [6.45, 7) is 1.79. The average Bonchev–Trinajstić information content (AvgIpc) is 3.15. The highest BCUT2D eigenvalue weighted by Crippen LogP contribution is 2.47. The van der Waals surface area contributed by atoms with Gasteiger partial charge in [-0.2, -0.15) is 0 Å². The summed E-state index contributed by atoms with van der Waals surface area (Å²) in [5, 5.41) is 12.9. The Hall–Kier alpha value is -1.72. The van der Waals surface area contributed by atoms with E-state index in [4.69, 9.17) is 11.6 Å².